The van der Waals surface area contributed by atoms with Crippen LogP contribution in [0.25, 0.3) is 0 Å². The van der Waals surface area contributed by atoms with E-state index in [1.54, 1.807) is 35.2 Å². The van der Waals surface area contributed by atoms with Gasteiger partial charge in [0.1, 0.15) is 18.4 Å². The fourth-order valence-corrected chi connectivity index (χ4v) is 4.24. The van der Waals surface area contributed by atoms with Gasteiger partial charge in [0.05, 0.1) is 18.4 Å². The monoisotopic (exact) mass is 430 g/mol. The maximum absolute atomic E-state index is 13.4. The van der Waals surface area contributed by atoms with Gasteiger partial charge in [0.2, 0.25) is 5.91 Å². The molecule has 7 nitrogen and oxygen atoms in total. The molecule has 32 heavy (non-hydrogen) atoms. The third-order valence-electron chi connectivity index (χ3n) is 5.91. The second-order valence-electron chi connectivity index (χ2n) is 7.92. The zero-order valence-corrected chi connectivity index (χ0v) is 17.5. The summed E-state index contributed by atoms with van der Waals surface area (Å²) >= 11 is 0. The Morgan fingerprint density at radius 1 is 1.03 bits per heavy atom. The van der Waals surface area contributed by atoms with Crippen LogP contribution in [-0.4, -0.2) is 35.0 Å². The van der Waals surface area contributed by atoms with Crippen molar-refractivity contribution < 1.29 is 24.2 Å². The third kappa shape index (κ3) is 3.51. The summed E-state index contributed by atoms with van der Waals surface area (Å²) < 4.78 is 11.4. The Bertz CT molecular complexity index is 1210. The van der Waals surface area contributed by atoms with E-state index in [0.29, 0.717) is 35.8 Å². The number of ether oxygens (including phenoxy) is 2. The molecular weight excluding hydrogens is 408 g/mol. The number of hydrogen-bond acceptors (Lipinski definition) is 5. The molecule has 0 aliphatic carbocycles. The predicted molar refractivity (Wildman–Crippen MR) is 118 cm³/mol. The summed E-state index contributed by atoms with van der Waals surface area (Å²) in [7, 11) is 1.51. The Kier molecular flexibility index (Phi) is 4.93. The number of methoxy groups -OCH3 is 1. The van der Waals surface area contributed by atoms with Gasteiger partial charge in [0.15, 0.2) is 11.5 Å². The molecule has 0 spiro atoms. The normalized spacial score (nSPS) is 16.9. The molecule has 2 heterocycles. The molecule has 2 aliphatic heterocycles. The van der Waals surface area contributed by atoms with Crippen LogP contribution in [0, 0.1) is 0 Å². The Morgan fingerprint density at radius 3 is 2.62 bits per heavy atom. The van der Waals surface area contributed by atoms with Crippen LogP contribution >= 0.6 is 0 Å². The minimum atomic E-state index is -0.633. The lowest BCUT2D eigenvalue weighted by Gasteiger charge is -2.34. The summed E-state index contributed by atoms with van der Waals surface area (Å²) in [4.78, 5) is 28.0. The maximum Gasteiger partial charge on any atom is 0.257 e. The van der Waals surface area contributed by atoms with Crippen LogP contribution in [-0.2, 0) is 24.4 Å². The lowest BCUT2D eigenvalue weighted by molar-refractivity contribution is -0.120. The minimum Gasteiger partial charge on any atom is -0.508 e. The van der Waals surface area contributed by atoms with E-state index in [4.69, 9.17) is 9.47 Å². The molecule has 162 valence electrons. The largest absolute Gasteiger partial charge is 0.508 e. The van der Waals surface area contributed by atoms with Crippen molar-refractivity contribution in [1.82, 2.24) is 4.90 Å². The van der Waals surface area contributed by atoms with Crippen molar-refractivity contribution in [2.24, 2.45) is 0 Å². The van der Waals surface area contributed by atoms with Crippen LogP contribution in [0.15, 0.2) is 60.7 Å². The van der Waals surface area contributed by atoms with Gasteiger partial charge in [-0.2, -0.15) is 0 Å². The van der Waals surface area contributed by atoms with Gasteiger partial charge in [-0.15, -0.1) is 0 Å². The lowest BCUT2D eigenvalue weighted by Crippen LogP contribution is -2.48. The first kappa shape index (κ1) is 19.9. The molecule has 2 N–H and O–H groups in total. The van der Waals surface area contributed by atoms with E-state index in [9.17, 15) is 14.7 Å². The van der Waals surface area contributed by atoms with Crippen LogP contribution < -0.4 is 14.8 Å². The summed E-state index contributed by atoms with van der Waals surface area (Å²) in [6, 6.07) is 17.4. The van der Waals surface area contributed by atoms with Gasteiger partial charge in [0.25, 0.3) is 5.91 Å². The minimum absolute atomic E-state index is 0.135. The number of carbonyl (C=O) groups is 2. The molecule has 2 amide bonds. The second-order valence-corrected chi connectivity index (χ2v) is 7.92. The quantitative estimate of drug-likeness (QED) is 0.662. The van der Waals surface area contributed by atoms with Crippen LogP contribution in [0.5, 0.6) is 17.2 Å². The number of nitrogens with zero attached hydrogens (tertiary/aromatic N) is 1. The van der Waals surface area contributed by atoms with E-state index in [2.05, 4.69) is 5.32 Å². The molecule has 0 aromatic heterocycles. The van der Waals surface area contributed by atoms with Crippen molar-refractivity contribution in [3.8, 4) is 17.2 Å². The number of rotatable bonds is 4. The first-order valence-corrected chi connectivity index (χ1v) is 10.3. The van der Waals surface area contributed by atoms with Crippen LogP contribution in [0.4, 0.5) is 5.69 Å². The SMILES string of the molecule is COc1cc2c(cc1OCc1ccccc1)NC(=O)C1Cc3ccc(O)cc3CN1C2=O. The molecule has 7 heteroatoms. The van der Waals surface area contributed by atoms with E-state index in [0.717, 1.165) is 16.7 Å². The number of phenolic OH excluding ortho intramolecular Hbond substituents is 1. The van der Waals surface area contributed by atoms with E-state index >= 15 is 0 Å². The molecule has 1 unspecified atom stereocenters. The van der Waals surface area contributed by atoms with Crippen LogP contribution in [0.1, 0.15) is 27.0 Å². The van der Waals surface area contributed by atoms with Gasteiger partial charge in [-0.25, -0.2) is 0 Å². The molecule has 0 saturated carbocycles. The molecular formula is C25H22N2O5. The molecule has 3 aromatic rings. The van der Waals surface area contributed by atoms with Crippen molar-refractivity contribution in [1.29, 1.82) is 0 Å². The van der Waals surface area contributed by atoms with E-state index in [1.807, 2.05) is 30.3 Å². The molecule has 2 aliphatic rings. The predicted octanol–water partition coefficient (Wildman–Crippen LogP) is 3.50. The second kappa shape index (κ2) is 7.92. The fourth-order valence-electron chi connectivity index (χ4n) is 4.24. The van der Waals surface area contributed by atoms with Crippen molar-refractivity contribution in [3.05, 3.63) is 82.9 Å². The maximum atomic E-state index is 13.4. The Morgan fingerprint density at radius 2 is 1.84 bits per heavy atom. The smallest absolute Gasteiger partial charge is 0.257 e. The van der Waals surface area contributed by atoms with Crippen molar-refractivity contribution in [2.45, 2.75) is 25.6 Å². The van der Waals surface area contributed by atoms with E-state index in [-0.39, 0.29) is 24.1 Å². The first-order valence-electron chi connectivity index (χ1n) is 10.3. The van der Waals surface area contributed by atoms with Crippen LogP contribution in [0.2, 0.25) is 0 Å². The summed E-state index contributed by atoms with van der Waals surface area (Å²) in [6.45, 7) is 0.570. The number of fused-ring (bicyclic) bond motifs is 3. The van der Waals surface area contributed by atoms with Gasteiger partial charge in [-0.05, 0) is 34.9 Å². The number of benzene rings is 3. The topological polar surface area (TPSA) is 88.1 Å². The molecule has 0 radical (unpaired) electrons. The molecule has 0 saturated heterocycles. The van der Waals surface area contributed by atoms with E-state index in [1.165, 1.54) is 7.11 Å². The van der Waals surface area contributed by atoms with Crippen molar-refractivity contribution in [3.63, 3.8) is 0 Å². The summed E-state index contributed by atoms with van der Waals surface area (Å²) in [6.07, 6.45) is 0.385. The number of hydrogen-bond donors (Lipinski definition) is 2. The lowest BCUT2D eigenvalue weighted by atomic mass is 9.93. The van der Waals surface area contributed by atoms with Gasteiger partial charge >= 0.3 is 0 Å². The Hall–Kier alpha value is -4.00. The zero-order chi connectivity index (χ0) is 22.2. The van der Waals surface area contributed by atoms with E-state index < -0.39 is 6.04 Å². The summed E-state index contributed by atoms with van der Waals surface area (Å²) in [5, 5.41) is 12.7. The molecule has 0 fully saturated rings. The number of aromatic hydroxyl groups is 1. The highest BCUT2D eigenvalue weighted by atomic mass is 16.5. The standard InChI is InChI=1S/C25H22N2O5/c1-31-22-11-19-20(12-23(22)32-14-15-5-3-2-4-6-15)26-24(29)21-10-16-7-8-18(28)9-17(16)13-27(21)25(19)30/h2-9,11-12,21,28H,10,13-14H2,1H3,(H,26,29). The number of anilines is 1. The molecule has 1 atom stereocenters. The van der Waals surface area contributed by atoms with Gasteiger partial charge in [-0.1, -0.05) is 36.4 Å². The average Bonchev–Trinajstić information content (AvgIpc) is 2.90. The van der Waals surface area contributed by atoms with Gasteiger partial charge < -0.3 is 24.8 Å². The molecule has 5 rings (SSSR count). The summed E-state index contributed by atoms with van der Waals surface area (Å²) in [5.41, 5.74) is 3.50. The van der Waals surface area contributed by atoms with Crippen molar-refractivity contribution in [2.75, 3.05) is 12.4 Å². The Balaban J connectivity index is 1.49. The number of amides is 2. The highest BCUT2D eigenvalue weighted by Gasteiger charge is 2.39. The highest BCUT2D eigenvalue weighted by molar-refractivity contribution is 6.10. The van der Waals surface area contributed by atoms with Gasteiger partial charge in [0, 0.05) is 19.0 Å². The van der Waals surface area contributed by atoms with Crippen molar-refractivity contribution >= 4 is 17.5 Å². The Labute approximate surface area is 185 Å². The van der Waals surface area contributed by atoms with Gasteiger partial charge in [-0.3, -0.25) is 9.59 Å². The molecule has 0 bridgehead atoms. The average molecular weight is 430 g/mol. The third-order valence-corrected chi connectivity index (χ3v) is 5.91. The zero-order valence-electron chi connectivity index (χ0n) is 17.5. The summed E-state index contributed by atoms with van der Waals surface area (Å²) in [5.74, 6) is 0.462. The number of phenols is 1. The first-order chi connectivity index (χ1) is 15.5. The van der Waals surface area contributed by atoms with Crippen LogP contribution in [0.3, 0.4) is 0 Å². The number of carbonyl (C=O) groups excluding carboxylic acids is 2. The number of nitrogens with one attached hydrogen (secondary N) is 1. The fraction of sp³-hybridized carbons (Fsp3) is 0.200. The highest BCUT2D eigenvalue weighted by Crippen LogP contribution is 2.38. The molecule has 3 aromatic carbocycles.